The second kappa shape index (κ2) is 6.25. The molecule has 3 heterocycles. The Morgan fingerprint density at radius 1 is 1.22 bits per heavy atom. The SMILES string of the molecule is CNc1ccn2ncc(C(=O)Nc3cn(C(C)(C)C)nc3C(F)(F)F)c2n1. The molecule has 11 heteroatoms. The molecule has 0 unspecified atom stereocenters. The number of anilines is 2. The summed E-state index contributed by atoms with van der Waals surface area (Å²) in [5, 5.41) is 12.7. The van der Waals surface area contributed by atoms with E-state index in [1.165, 1.54) is 21.6 Å². The number of fused-ring (bicyclic) bond motifs is 1. The topological polar surface area (TPSA) is 89.1 Å². The van der Waals surface area contributed by atoms with Crippen LogP contribution in [0.2, 0.25) is 0 Å². The third kappa shape index (κ3) is 3.57. The molecule has 0 aliphatic carbocycles. The molecule has 3 aromatic rings. The van der Waals surface area contributed by atoms with Gasteiger partial charge in [-0.1, -0.05) is 0 Å². The Balaban J connectivity index is 2.00. The third-order valence-electron chi connectivity index (χ3n) is 3.79. The van der Waals surface area contributed by atoms with Gasteiger partial charge in [0.15, 0.2) is 11.3 Å². The van der Waals surface area contributed by atoms with Gasteiger partial charge < -0.3 is 10.6 Å². The van der Waals surface area contributed by atoms with Gasteiger partial charge in [0.05, 0.1) is 17.4 Å². The normalized spacial score (nSPS) is 12.4. The Labute approximate surface area is 152 Å². The van der Waals surface area contributed by atoms with Crippen molar-refractivity contribution in [1.29, 1.82) is 0 Å². The quantitative estimate of drug-likeness (QED) is 0.728. The molecule has 2 N–H and O–H groups in total. The fraction of sp³-hybridized carbons (Fsp3) is 0.375. The minimum absolute atomic E-state index is 0.0451. The summed E-state index contributed by atoms with van der Waals surface area (Å²) in [6, 6.07) is 1.65. The molecule has 27 heavy (non-hydrogen) atoms. The average Bonchev–Trinajstić information content (AvgIpc) is 3.17. The highest BCUT2D eigenvalue weighted by atomic mass is 19.4. The molecule has 8 nitrogen and oxygen atoms in total. The number of nitrogens with one attached hydrogen (secondary N) is 2. The van der Waals surface area contributed by atoms with E-state index in [0.29, 0.717) is 5.82 Å². The van der Waals surface area contributed by atoms with Crippen molar-refractivity contribution >= 4 is 23.1 Å². The van der Waals surface area contributed by atoms with Crippen molar-refractivity contribution in [2.45, 2.75) is 32.5 Å². The van der Waals surface area contributed by atoms with Crippen molar-refractivity contribution in [2.24, 2.45) is 0 Å². The van der Waals surface area contributed by atoms with Crippen LogP contribution in [-0.4, -0.2) is 37.3 Å². The van der Waals surface area contributed by atoms with Gasteiger partial charge in [0.2, 0.25) is 0 Å². The van der Waals surface area contributed by atoms with E-state index >= 15 is 0 Å². The van der Waals surface area contributed by atoms with E-state index in [9.17, 15) is 18.0 Å². The minimum atomic E-state index is -4.71. The Bertz CT molecular complexity index is 998. The summed E-state index contributed by atoms with van der Waals surface area (Å²) in [5.41, 5.74) is -2.01. The van der Waals surface area contributed by atoms with Gasteiger partial charge >= 0.3 is 6.18 Å². The maximum atomic E-state index is 13.3. The molecule has 0 spiro atoms. The lowest BCUT2D eigenvalue weighted by molar-refractivity contribution is -0.141. The number of rotatable bonds is 3. The molecule has 0 bridgehead atoms. The number of carbonyl (C=O) groups excluding carboxylic acids is 1. The number of nitrogens with zero attached hydrogens (tertiary/aromatic N) is 5. The lowest BCUT2D eigenvalue weighted by Gasteiger charge is -2.18. The summed E-state index contributed by atoms with van der Waals surface area (Å²) in [4.78, 5) is 16.8. The lowest BCUT2D eigenvalue weighted by Crippen LogP contribution is -2.23. The van der Waals surface area contributed by atoms with Gasteiger partial charge in [-0.3, -0.25) is 9.48 Å². The van der Waals surface area contributed by atoms with Crippen LogP contribution >= 0.6 is 0 Å². The summed E-state index contributed by atoms with van der Waals surface area (Å²) in [7, 11) is 1.66. The molecule has 144 valence electrons. The highest BCUT2D eigenvalue weighted by Crippen LogP contribution is 2.35. The largest absolute Gasteiger partial charge is 0.437 e. The number of hydrogen-bond acceptors (Lipinski definition) is 5. The van der Waals surface area contributed by atoms with Gasteiger partial charge in [-0.2, -0.15) is 23.4 Å². The van der Waals surface area contributed by atoms with Crippen molar-refractivity contribution < 1.29 is 18.0 Å². The summed E-state index contributed by atoms with van der Waals surface area (Å²) < 4.78 is 42.5. The molecule has 0 saturated carbocycles. The predicted octanol–water partition coefficient (Wildman–Crippen LogP) is 2.99. The standard InChI is InChI=1S/C16H18F3N7O/c1-15(2,3)26-8-10(12(24-26)16(17,18)19)22-14(27)9-7-21-25-6-5-11(20-4)23-13(9)25/h5-8H,1-4H3,(H,20,23)(H,22,27). The second-order valence-corrected chi connectivity index (χ2v) is 6.85. The van der Waals surface area contributed by atoms with E-state index in [-0.39, 0.29) is 11.2 Å². The summed E-state index contributed by atoms with van der Waals surface area (Å²) in [5.74, 6) is -0.265. The first kappa shape index (κ1) is 18.7. The van der Waals surface area contributed by atoms with Crippen molar-refractivity contribution in [1.82, 2.24) is 24.4 Å². The monoisotopic (exact) mass is 381 g/mol. The number of aromatic nitrogens is 5. The van der Waals surface area contributed by atoms with Crippen LogP contribution in [0, 0.1) is 0 Å². The van der Waals surface area contributed by atoms with Gasteiger partial charge in [0.25, 0.3) is 5.91 Å². The first-order chi connectivity index (χ1) is 12.5. The molecule has 0 aromatic carbocycles. The molecular weight excluding hydrogens is 363 g/mol. The highest BCUT2D eigenvalue weighted by molar-refractivity contribution is 6.08. The Morgan fingerprint density at radius 2 is 1.93 bits per heavy atom. The van der Waals surface area contributed by atoms with Crippen molar-refractivity contribution in [3.8, 4) is 0 Å². The van der Waals surface area contributed by atoms with Crippen LogP contribution in [0.4, 0.5) is 24.7 Å². The van der Waals surface area contributed by atoms with Gasteiger partial charge in [-0.05, 0) is 26.8 Å². The number of halogens is 3. The van der Waals surface area contributed by atoms with Crippen molar-refractivity contribution in [3.05, 3.63) is 35.9 Å². The Morgan fingerprint density at radius 3 is 2.52 bits per heavy atom. The molecule has 0 aliphatic heterocycles. The van der Waals surface area contributed by atoms with Gasteiger partial charge in [-0.25, -0.2) is 9.50 Å². The molecule has 0 saturated heterocycles. The number of hydrogen-bond donors (Lipinski definition) is 2. The molecular formula is C16H18F3N7O. The minimum Gasteiger partial charge on any atom is -0.373 e. The number of carbonyl (C=O) groups is 1. The van der Waals surface area contributed by atoms with Crippen molar-refractivity contribution in [2.75, 3.05) is 17.7 Å². The van der Waals surface area contributed by atoms with Crippen LogP contribution in [0.15, 0.2) is 24.7 Å². The second-order valence-electron chi connectivity index (χ2n) is 6.85. The van der Waals surface area contributed by atoms with Gasteiger partial charge in [0, 0.05) is 19.4 Å². The fourth-order valence-electron chi connectivity index (χ4n) is 2.38. The van der Waals surface area contributed by atoms with E-state index in [0.717, 1.165) is 0 Å². The third-order valence-corrected chi connectivity index (χ3v) is 3.79. The fourth-order valence-corrected chi connectivity index (χ4v) is 2.38. The average molecular weight is 381 g/mol. The van der Waals surface area contributed by atoms with E-state index in [4.69, 9.17) is 0 Å². The molecule has 3 aromatic heterocycles. The Hall–Kier alpha value is -3.11. The van der Waals surface area contributed by atoms with Crippen LogP contribution in [0.5, 0.6) is 0 Å². The zero-order valence-corrected chi connectivity index (χ0v) is 15.1. The van der Waals surface area contributed by atoms with Gasteiger partial charge in [0.1, 0.15) is 11.4 Å². The summed E-state index contributed by atoms with van der Waals surface area (Å²) in [6.07, 6.45) is -0.709. The molecule has 0 fully saturated rings. The van der Waals surface area contributed by atoms with Crippen LogP contribution in [0.3, 0.4) is 0 Å². The molecule has 1 amide bonds. The van der Waals surface area contributed by atoms with E-state index in [2.05, 4.69) is 25.8 Å². The predicted molar refractivity (Wildman–Crippen MR) is 92.7 cm³/mol. The first-order valence-corrected chi connectivity index (χ1v) is 8.01. The maximum Gasteiger partial charge on any atom is 0.437 e. The zero-order valence-electron chi connectivity index (χ0n) is 15.1. The summed E-state index contributed by atoms with van der Waals surface area (Å²) in [6.45, 7) is 5.13. The molecule has 3 rings (SSSR count). The molecule has 0 aliphatic rings. The Kier molecular flexibility index (Phi) is 4.32. The number of amides is 1. The molecule has 0 atom stereocenters. The molecule has 0 radical (unpaired) electrons. The van der Waals surface area contributed by atoms with E-state index < -0.39 is 29.0 Å². The van der Waals surface area contributed by atoms with Gasteiger partial charge in [-0.15, -0.1) is 0 Å². The van der Waals surface area contributed by atoms with Crippen molar-refractivity contribution in [3.63, 3.8) is 0 Å². The lowest BCUT2D eigenvalue weighted by atomic mass is 10.1. The first-order valence-electron chi connectivity index (χ1n) is 8.01. The summed E-state index contributed by atoms with van der Waals surface area (Å²) >= 11 is 0. The number of alkyl halides is 3. The van der Waals surface area contributed by atoms with Crippen LogP contribution in [0.25, 0.3) is 5.65 Å². The van der Waals surface area contributed by atoms with Crippen LogP contribution in [-0.2, 0) is 11.7 Å². The maximum absolute atomic E-state index is 13.3. The zero-order chi connectivity index (χ0) is 20.0. The van der Waals surface area contributed by atoms with E-state index in [1.807, 2.05) is 0 Å². The van der Waals surface area contributed by atoms with Crippen LogP contribution < -0.4 is 10.6 Å². The smallest absolute Gasteiger partial charge is 0.373 e. The van der Waals surface area contributed by atoms with E-state index in [1.54, 1.807) is 40.1 Å². The van der Waals surface area contributed by atoms with Crippen LogP contribution in [0.1, 0.15) is 36.8 Å². The highest BCUT2D eigenvalue weighted by Gasteiger charge is 2.39.